The molecule has 1 aliphatic rings. The monoisotopic (exact) mass is 237 g/mol. The number of amides is 1. The van der Waals surface area contributed by atoms with Crippen LogP contribution in [0.5, 0.6) is 0 Å². The van der Waals surface area contributed by atoms with Crippen molar-refractivity contribution in [1.82, 2.24) is 25.6 Å². The van der Waals surface area contributed by atoms with E-state index in [-0.39, 0.29) is 11.9 Å². The molecule has 2 N–H and O–H groups in total. The second-order valence-electron chi connectivity index (χ2n) is 4.31. The predicted molar refractivity (Wildman–Crippen MR) is 63.3 cm³/mol. The summed E-state index contributed by atoms with van der Waals surface area (Å²) in [6, 6.07) is 0.00937. The lowest BCUT2D eigenvalue weighted by atomic mass is 10.0. The van der Waals surface area contributed by atoms with Gasteiger partial charge < -0.3 is 10.6 Å². The van der Waals surface area contributed by atoms with E-state index in [1.807, 2.05) is 6.20 Å². The van der Waals surface area contributed by atoms with Gasteiger partial charge in [-0.1, -0.05) is 11.6 Å². The van der Waals surface area contributed by atoms with Gasteiger partial charge in [0.25, 0.3) is 0 Å². The molecule has 1 atom stereocenters. The summed E-state index contributed by atoms with van der Waals surface area (Å²) in [5, 5.41) is 13.8. The van der Waals surface area contributed by atoms with Crippen LogP contribution in [0.4, 0.5) is 0 Å². The molecule has 2 heterocycles. The number of hydrogen-bond acceptors (Lipinski definition) is 4. The van der Waals surface area contributed by atoms with Gasteiger partial charge in [0.1, 0.15) is 0 Å². The lowest BCUT2D eigenvalue weighted by Gasteiger charge is -2.22. The Bertz CT molecular complexity index is 332. The minimum atomic E-state index is 0.00937. The van der Waals surface area contributed by atoms with Crippen molar-refractivity contribution in [1.29, 1.82) is 0 Å². The molecular formula is C11H19N5O. The summed E-state index contributed by atoms with van der Waals surface area (Å²) in [4.78, 5) is 11.8. The topological polar surface area (TPSA) is 71.8 Å². The molecule has 0 aliphatic carbocycles. The van der Waals surface area contributed by atoms with Gasteiger partial charge in [-0.15, -0.1) is 5.10 Å². The number of aromatic nitrogens is 3. The number of carbonyl (C=O) groups is 1. The van der Waals surface area contributed by atoms with Gasteiger partial charge in [0, 0.05) is 19.3 Å². The second kappa shape index (κ2) is 6.34. The third-order valence-electron chi connectivity index (χ3n) is 2.96. The number of carbonyl (C=O) groups excluding carboxylic acids is 1. The lowest BCUT2D eigenvalue weighted by Crippen LogP contribution is -2.46. The molecule has 17 heavy (non-hydrogen) atoms. The van der Waals surface area contributed by atoms with E-state index in [2.05, 4.69) is 20.9 Å². The average molecular weight is 237 g/mol. The summed E-state index contributed by atoms with van der Waals surface area (Å²) in [6.45, 7) is 2.44. The standard InChI is InChI=1S/C11H19N5O/c17-11(10-4-1-2-5-12-10)13-6-3-8-16-9-7-14-15-16/h7,9-10,12H,1-6,8H2,(H,13,17). The third-order valence-corrected chi connectivity index (χ3v) is 2.96. The van der Waals surface area contributed by atoms with Crippen LogP contribution in [0, 0.1) is 0 Å². The number of rotatable bonds is 5. The Balaban J connectivity index is 1.59. The number of hydrogen-bond donors (Lipinski definition) is 2. The van der Waals surface area contributed by atoms with Crippen molar-refractivity contribution >= 4 is 5.91 Å². The van der Waals surface area contributed by atoms with Crippen LogP contribution < -0.4 is 10.6 Å². The molecule has 1 aliphatic heterocycles. The minimum Gasteiger partial charge on any atom is -0.355 e. The number of nitrogens with zero attached hydrogens (tertiary/aromatic N) is 3. The van der Waals surface area contributed by atoms with Crippen LogP contribution in [0.3, 0.4) is 0 Å². The van der Waals surface area contributed by atoms with Gasteiger partial charge in [-0.05, 0) is 25.8 Å². The van der Waals surface area contributed by atoms with Crippen molar-refractivity contribution in [3.05, 3.63) is 12.4 Å². The fraction of sp³-hybridized carbons (Fsp3) is 0.727. The van der Waals surface area contributed by atoms with Crippen molar-refractivity contribution in [2.75, 3.05) is 13.1 Å². The van der Waals surface area contributed by atoms with E-state index >= 15 is 0 Å². The van der Waals surface area contributed by atoms with Crippen LogP contribution in [0.2, 0.25) is 0 Å². The lowest BCUT2D eigenvalue weighted by molar-refractivity contribution is -0.123. The first-order valence-electron chi connectivity index (χ1n) is 6.21. The molecule has 0 aromatic carbocycles. The Morgan fingerprint density at radius 1 is 1.53 bits per heavy atom. The van der Waals surface area contributed by atoms with E-state index in [0.717, 1.165) is 32.4 Å². The Kier molecular flexibility index (Phi) is 4.49. The molecule has 0 bridgehead atoms. The summed E-state index contributed by atoms with van der Waals surface area (Å²) in [5.41, 5.74) is 0. The van der Waals surface area contributed by atoms with Crippen LogP contribution in [-0.4, -0.2) is 40.0 Å². The highest BCUT2D eigenvalue weighted by molar-refractivity contribution is 5.81. The van der Waals surface area contributed by atoms with E-state index in [1.165, 1.54) is 6.42 Å². The predicted octanol–water partition coefficient (Wildman–Crippen LogP) is -0.0735. The number of piperidine rings is 1. The molecule has 1 aromatic heterocycles. The summed E-state index contributed by atoms with van der Waals surface area (Å²) >= 11 is 0. The molecule has 6 heteroatoms. The Morgan fingerprint density at radius 2 is 2.47 bits per heavy atom. The van der Waals surface area contributed by atoms with Crippen molar-refractivity contribution in [2.45, 2.75) is 38.3 Å². The van der Waals surface area contributed by atoms with Crippen molar-refractivity contribution in [3.63, 3.8) is 0 Å². The fourth-order valence-electron chi connectivity index (χ4n) is 2.00. The molecule has 94 valence electrons. The van der Waals surface area contributed by atoms with Gasteiger partial charge in [0.05, 0.1) is 12.2 Å². The van der Waals surface area contributed by atoms with E-state index in [0.29, 0.717) is 6.54 Å². The Morgan fingerprint density at radius 3 is 3.18 bits per heavy atom. The summed E-state index contributed by atoms with van der Waals surface area (Å²) in [5.74, 6) is 0.128. The molecule has 1 aromatic rings. The maximum Gasteiger partial charge on any atom is 0.237 e. The summed E-state index contributed by atoms with van der Waals surface area (Å²) < 4.78 is 1.77. The number of aryl methyl sites for hydroxylation is 1. The summed E-state index contributed by atoms with van der Waals surface area (Å²) in [7, 11) is 0. The maximum absolute atomic E-state index is 11.8. The third kappa shape index (κ3) is 3.81. The molecule has 1 saturated heterocycles. The van der Waals surface area contributed by atoms with E-state index < -0.39 is 0 Å². The van der Waals surface area contributed by atoms with Crippen LogP contribution in [0.25, 0.3) is 0 Å². The Labute approximate surface area is 101 Å². The van der Waals surface area contributed by atoms with E-state index in [4.69, 9.17) is 0 Å². The quantitative estimate of drug-likeness (QED) is 0.703. The molecule has 0 saturated carbocycles. The SMILES string of the molecule is O=C(NCCCn1ccnn1)C1CCCCN1. The largest absolute Gasteiger partial charge is 0.355 e. The zero-order valence-electron chi connectivity index (χ0n) is 9.93. The molecule has 1 unspecified atom stereocenters. The first-order chi connectivity index (χ1) is 8.36. The zero-order valence-corrected chi connectivity index (χ0v) is 9.93. The van der Waals surface area contributed by atoms with Gasteiger partial charge in [-0.2, -0.15) is 0 Å². The normalized spacial score (nSPS) is 20.1. The van der Waals surface area contributed by atoms with Crippen molar-refractivity contribution in [3.8, 4) is 0 Å². The highest BCUT2D eigenvalue weighted by Gasteiger charge is 2.19. The molecule has 0 radical (unpaired) electrons. The molecular weight excluding hydrogens is 218 g/mol. The molecule has 1 amide bonds. The van der Waals surface area contributed by atoms with Crippen LogP contribution in [0.1, 0.15) is 25.7 Å². The average Bonchev–Trinajstić information content (AvgIpc) is 2.88. The number of nitrogens with one attached hydrogen (secondary N) is 2. The summed E-state index contributed by atoms with van der Waals surface area (Å²) in [6.07, 6.45) is 7.63. The van der Waals surface area contributed by atoms with Gasteiger partial charge in [0.2, 0.25) is 5.91 Å². The van der Waals surface area contributed by atoms with E-state index in [9.17, 15) is 4.79 Å². The van der Waals surface area contributed by atoms with E-state index in [1.54, 1.807) is 10.9 Å². The smallest absolute Gasteiger partial charge is 0.237 e. The molecule has 0 spiro atoms. The van der Waals surface area contributed by atoms with Gasteiger partial charge in [0.15, 0.2) is 0 Å². The van der Waals surface area contributed by atoms with Crippen LogP contribution in [0.15, 0.2) is 12.4 Å². The highest BCUT2D eigenvalue weighted by Crippen LogP contribution is 2.06. The first kappa shape index (κ1) is 12.0. The van der Waals surface area contributed by atoms with Gasteiger partial charge in [-0.3, -0.25) is 9.48 Å². The second-order valence-corrected chi connectivity index (χ2v) is 4.31. The molecule has 2 rings (SSSR count). The highest BCUT2D eigenvalue weighted by atomic mass is 16.2. The van der Waals surface area contributed by atoms with Gasteiger partial charge >= 0.3 is 0 Å². The molecule has 1 fully saturated rings. The first-order valence-corrected chi connectivity index (χ1v) is 6.21. The maximum atomic E-state index is 11.8. The fourth-order valence-corrected chi connectivity index (χ4v) is 2.00. The van der Waals surface area contributed by atoms with Crippen molar-refractivity contribution < 1.29 is 4.79 Å². The zero-order chi connectivity index (χ0) is 11.9. The molecule has 6 nitrogen and oxygen atoms in total. The van der Waals surface area contributed by atoms with Crippen LogP contribution in [-0.2, 0) is 11.3 Å². The van der Waals surface area contributed by atoms with Gasteiger partial charge in [-0.25, -0.2) is 0 Å². The minimum absolute atomic E-state index is 0.00937. The Hall–Kier alpha value is -1.43. The van der Waals surface area contributed by atoms with Crippen molar-refractivity contribution in [2.24, 2.45) is 0 Å². The van der Waals surface area contributed by atoms with Crippen LogP contribution >= 0.6 is 0 Å².